The maximum Gasteiger partial charge on any atom is 0.307 e. The Bertz CT molecular complexity index is 1020. The molecule has 0 N–H and O–H groups in total. The number of carbonyl (C=O) groups excluding carboxylic acids is 2. The van der Waals surface area contributed by atoms with E-state index in [-0.39, 0.29) is 11.9 Å². The number of ketones is 1. The zero-order valence-corrected chi connectivity index (χ0v) is 17.5. The van der Waals surface area contributed by atoms with E-state index in [0.717, 1.165) is 28.7 Å². The predicted octanol–water partition coefficient (Wildman–Crippen LogP) is 5.36. The third-order valence-electron chi connectivity index (χ3n) is 5.72. The van der Waals surface area contributed by atoms with Gasteiger partial charge in [-0.15, -0.1) is 0 Å². The van der Waals surface area contributed by atoms with Crippen molar-refractivity contribution in [2.24, 2.45) is 0 Å². The summed E-state index contributed by atoms with van der Waals surface area (Å²) in [5.41, 5.74) is 3.56. The number of halogens is 1. The molecule has 0 saturated carbocycles. The van der Waals surface area contributed by atoms with Gasteiger partial charge in [0.2, 0.25) is 0 Å². The van der Waals surface area contributed by atoms with Crippen molar-refractivity contribution >= 4 is 28.9 Å². The van der Waals surface area contributed by atoms with Crippen LogP contribution < -0.4 is 0 Å². The van der Waals surface area contributed by atoms with Gasteiger partial charge in [-0.2, -0.15) is 0 Å². The summed E-state index contributed by atoms with van der Waals surface area (Å²) in [4.78, 5) is 25.1. The maximum absolute atomic E-state index is 13.4. The zero-order valence-electron chi connectivity index (χ0n) is 16.8. The standard InChI is InChI=1S/C24H23ClO4/c1-4-15-13-17(16-5-8-18(25)9-6-16)7-10-19(15)21-22(28-14(2)26)20-11-12-24(3,29-20)23(21)27/h5-10,13,20H,4,11-12H2,1-3H3/t20-,24-/m0/s1. The average molecular weight is 411 g/mol. The van der Waals surface area contributed by atoms with Gasteiger partial charge in [-0.05, 0) is 60.6 Å². The monoisotopic (exact) mass is 410 g/mol. The Morgan fingerprint density at radius 3 is 2.55 bits per heavy atom. The molecular formula is C24H23ClO4. The van der Waals surface area contributed by atoms with E-state index in [1.807, 2.05) is 43.3 Å². The van der Waals surface area contributed by atoms with Gasteiger partial charge in [-0.3, -0.25) is 9.59 Å². The first-order chi connectivity index (χ1) is 13.8. The lowest BCUT2D eigenvalue weighted by Crippen LogP contribution is -2.41. The molecule has 0 unspecified atom stereocenters. The molecule has 2 bridgehead atoms. The molecule has 0 aliphatic carbocycles. The van der Waals surface area contributed by atoms with Crippen molar-refractivity contribution in [2.45, 2.75) is 51.7 Å². The van der Waals surface area contributed by atoms with Gasteiger partial charge in [0.15, 0.2) is 5.78 Å². The second-order valence-electron chi connectivity index (χ2n) is 7.77. The van der Waals surface area contributed by atoms with Crippen LogP contribution in [0.25, 0.3) is 16.7 Å². The van der Waals surface area contributed by atoms with E-state index in [9.17, 15) is 9.59 Å². The van der Waals surface area contributed by atoms with Crippen LogP contribution in [-0.4, -0.2) is 23.5 Å². The van der Waals surface area contributed by atoms with Crippen LogP contribution in [0.3, 0.4) is 0 Å². The summed E-state index contributed by atoms with van der Waals surface area (Å²) in [6.45, 7) is 5.23. The number of aryl methyl sites for hydroxylation is 1. The molecule has 2 atom stereocenters. The van der Waals surface area contributed by atoms with Crippen molar-refractivity contribution in [3.63, 3.8) is 0 Å². The Morgan fingerprint density at radius 2 is 1.90 bits per heavy atom. The van der Waals surface area contributed by atoms with Crippen LogP contribution in [0.2, 0.25) is 5.02 Å². The summed E-state index contributed by atoms with van der Waals surface area (Å²) in [6, 6.07) is 13.7. The van der Waals surface area contributed by atoms with Crippen LogP contribution in [0.15, 0.2) is 48.2 Å². The lowest BCUT2D eigenvalue weighted by molar-refractivity contribution is -0.145. The number of Topliss-reactive ketones (excluding diaryl/α,β-unsaturated/α-hetero) is 1. The highest BCUT2D eigenvalue weighted by Gasteiger charge is 2.52. The number of hydrogen-bond donors (Lipinski definition) is 0. The van der Waals surface area contributed by atoms with E-state index in [1.54, 1.807) is 0 Å². The maximum atomic E-state index is 13.4. The molecule has 4 rings (SSSR count). The molecule has 5 heteroatoms. The topological polar surface area (TPSA) is 52.6 Å². The number of fused-ring (bicyclic) bond motifs is 2. The third kappa shape index (κ3) is 3.52. The Hall–Kier alpha value is -2.43. The molecule has 2 aromatic rings. The largest absolute Gasteiger partial charge is 0.428 e. The van der Waals surface area contributed by atoms with Gasteiger partial charge >= 0.3 is 5.97 Å². The second-order valence-corrected chi connectivity index (χ2v) is 8.21. The van der Waals surface area contributed by atoms with Crippen LogP contribution >= 0.6 is 11.6 Å². The minimum absolute atomic E-state index is 0.114. The minimum Gasteiger partial charge on any atom is -0.428 e. The van der Waals surface area contributed by atoms with Crippen LogP contribution in [-0.2, 0) is 25.5 Å². The summed E-state index contributed by atoms with van der Waals surface area (Å²) >= 11 is 6.01. The quantitative estimate of drug-likeness (QED) is 0.636. The lowest BCUT2D eigenvalue weighted by Gasteiger charge is -2.32. The molecule has 1 saturated heterocycles. The summed E-state index contributed by atoms with van der Waals surface area (Å²) in [7, 11) is 0. The van der Waals surface area contributed by atoms with Crippen LogP contribution in [0.1, 0.15) is 44.7 Å². The van der Waals surface area contributed by atoms with E-state index in [0.29, 0.717) is 29.2 Å². The number of esters is 1. The van der Waals surface area contributed by atoms with Gasteiger partial charge in [0.1, 0.15) is 17.5 Å². The van der Waals surface area contributed by atoms with E-state index in [1.165, 1.54) is 6.92 Å². The molecule has 4 nitrogen and oxygen atoms in total. The first-order valence-corrected chi connectivity index (χ1v) is 10.2. The first-order valence-electron chi connectivity index (χ1n) is 9.87. The van der Waals surface area contributed by atoms with Gasteiger partial charge in [0.05, 0.1) is 5.57 Å². The molecule has 1 fully saturated rings. The van der Waals surface area contributed by atoms with Crippen molar-refractivity contribution in [3.8, 4) is 11.1 Å². The fourth-order valence-corrected chi connectivity index (χ4v) is 4.33. The van der Waals surface area contributed by atoms with Crippen molar-refractivity contribution in [1.29, 1.82) is 0 Å². The Balaban J connectivity index is 1.86. The molecule has 2 aromatic carbocycles. The highest BCUT2D eigenvalue weighted by Crippen LogP contribution is 2.46. The Labute approximate surface area is 175 Å². The SMILES string of the molecule is CCc1cc(-c2ccc(Cl)cc2)ccc1C1=C(OC(C)=O)[C@@H]2CC[C@](C)(O2)C1=O. The van der Waals surface area contributed by atoms with Crippen LogP contribution in [0.5, 0.6) is 0 Å². The highest BCUT2D eigenvalue weighted by atomic mass is 35.5. The van der Waals surface area contributed by atoms with E-state index in [4.69, 9.17) is 21.1 Å². The first kappa shape index (κ1) is 19.9. The van der Waals surface area contributed by atoms with Crippen LogP contribution in [0.4, 0.5) is 0 Å². The highest BCUT2D eigenvalue weighted by molar-refractivity contribution is 6.30. The van der Waals surface area contributed by atoms with Gasteiger partial charge < -0.3 is 9.47 Å². The summed E-state index contributed by atoms with van der Waals surface area (Å²) in [5, 5.41) is 0.689. The van der Waals surface area contributed by atoms with Gasteiger partial charge in [-0.1, -0.05) is 48.9 Å². The molecule has 29 heavy (non-hydrogen) atoms. The fraction of sp³-hybridized carbons (Fsp3) is 0.333. The van der Waals surface area contributed by atoms with E-state index >= 15 is 0 Å². The molecular weight excluding hydrogens is 388 g/mol. The van der Waals surface area contributed by atoms with Crippen molar-refractivity contribution < 1.29 is 19.1 Å². The number of rotatable bonds is 4. The predicted molar refractivity (Wildman–Crippen MR) is 112 cm³/mol. The van der Waals surface area contributed by atoms with Crippen molar-refractivity contribution in [3.05, 3.63) is 64.4 Å². The number of carbonyl (C=O) groups is 2. The minimum atomic E-state index is -0.858. The molecule has 0 amide bonds. The summed E-state index contributed by atoms with van der Waals surface area (Å²) < 4.78 is 11.5. The van der Waals surface area contributed by atoms with Gasteiger partial charge in [0.25, 0.3) is 0 Å². The number of ether oxygens (including phenoxy) is 2. The van der Waals surface area contributed by atoms with E-state index < -0.39 is 11.6 Å². The fourth-order valence-electron chi connectivity index (χ4n) is 4.21. The molecule has 0 spiro atoms. The van der Waals surface area contributed by atoms with Crippen LogP contribution in [0, 0.1) is 0 Å². The molecule has 150 valence electrons. The normalized spacial score (nSPS) is 23.4. The number of hydrogen-bond acceptors (Lipinski definition) is 4. The van der Waals surface area contributed by atoms with Crippen molar-refractivity contribution in [2.75, 3.05) is 0 Å². The van der Waals surface area contributed by atoms with Gasteiger partial charge in [0, 0.05) is 11.9 Å². The molecule has 0 aromatic heterocycles. The van der Waals surface area contributed by atoms with Gasteiger partial charge in [-0.25, -0.2) is 0 Å². The Kier molecular flexibility index (Phi) is 5.09. The third-order valence-corrected chi connectivity index (χ3v) is 5.97. The second kappa shape index (κ2) is 7.43. The number of benzene rings is 2. The molecule has 2 aliphatic heterocycles. The molecule has 2 aliphatic rings. The summed E-state index contributed by atoms with van der Waals surface area (Å²) in [5.74, 6) is -0.205. The molecule has 2 heterocycles. The smallest absolute Gasteiger partial charge is 0.307 e. The van der Waals surface area contributed by atoms with E-state index in [2.05, 4.69) is 13.0 Å². The molecule has 0 radical (unpaired) electrons. The lowest BCUT2D eigenvalue weighted by atomic mass is 9.85. The zero-order chi connectivity index (χ0) is 20.8. The summed E-state index contributed by atoms with van der Waals surface area (Å²) in [6.07, 6.45) is 1.66. The average Bonchev–Trinajstić information content (AvgIpc) is 3.07. The van der Waals surface area contributed by atoms with Crippen molar-refractivity contribution in [1.82, 2.24) is 0 Å². The Morgan fingerprint density at radius 1 is 1.21 bits per heavy atom.